The lowest BCUT2D eigenvalue weighted by atomic mass is 9.95. The van der Waals surface area contributed by atoms with Gasteiger partial charge in [0, 0.05) is 18.9 Å². The molecule has 0 aromatic carbocycles. The van der Waals surface area contributed by atoms with Gasteiger partial charge in [-0.1, -0.05) is 15.9 Å². The number of aromatic nitrogens is 1. The van der Waals surface area contributed by atoms with Crippen LogP contribution in [0.25, 0.3) is 0 Å². The van der Waals surface area contributed by atoms with Crippen LogP contribution in [0.15, 0.2) is 18.3 Å². The number of hydrogen-bond donors (Lipinski definition) is 0. The summed E-state index contributed by atoms with van der Waals surface area (Å²) in [6, 6.07) is 3.97. The summed E-state index contributed by atoms with van der Waals surface area (Å²) in [4.78, 5) is 4.30. The first-order valence-electron chi connectivity index (χ1n) is 6.02. The zero-order valence-corrected chi connectivity index (χ0v) is 11.6. The summed E-state index contributed by atoms with van der Waals surface area (Å²) < 4.78 is 11.3. The zero-order chi connectivity index (χ0) is 12.1. The third-order valence-corrected chi connectivity index (χ3v) is 3.72. The predicted molar refractivity (Wildman–Crippen MR) is 70.5 cm³/mol. The van der Waals surface area contributed by atoms with Crippen molar-refractivity contribution in [1.29, 1.82) is 0 Å². The molecule has 0 N–H and O–H groups in total. The Labute approximate surface area is 111 Å². The fourth-order valence-corrected chi connectivity index (χ4v) is 2.51. The van der Waals surface area contributed by atoms with Gasteiger partial charge in [-0.05, 0) is 31.4 Å². The maximum Gasteiger partial charge on any atom is 0.138 e. The van der Waals surface area contributed by atoms with Crippen molar-refractivity contribution in [3.05, 3.63) is 24.0 Å². The van der Waals surface area contributed by atoms with Gasteiger partial charge in [0.05, 0.1) is 18.0 Å². The number of methoxy groups -OCH3 is 1. The van der Waals surface area contributed by atoms with E-state index in [9.17, 15) is 0 Å². The molecule has 1 aromatic heterocycles. The maximum absolute atomic E-state index is 5.93. The average Bonchev–Trinajstić information content (AvgIpc) is 2.40. The van der Waals surface area contributed by atoms with Crippen LogP contribution in [0.2, 0.25) is 0 Å². The van der Waals surface area contributed by atoms with Crippen LogP contribution in [0.3, 0.4) is 0 Å². The first-order valence-corrected chi connectivity index (χ1v) is 7.14. The van der Waals surface area contributed by atoms with Crippen LogP contribution >= 0.6 is 15.9 Å². The maximum atomic E-state index is 5.93. The first-order chi connectivity index (χ1) is 8.31. The van der Waals surface area contributed by atoms with Crippen molar-refractivity contribution in [3.8, 4) is 5.75 Å². The topological polar surface area (TPSA) is 31.4 Å². The molecule has 1 aliphatic rings. The smallest absolute Gasteiger partial charge is 0.138 e. The van der Waals surface area contributed by atoms with Crippen molar-refractivity contribution in [1.82, 2.24) is 4.98 Å². The molecule has 17 heavy (non-hydrogen) atoms. The fraction of sp³-hybridized carbons (Fsp3) is 0.615. The summed E-state index contributed by atoms with van der Waals surface area (Å²) in [5.74, 6) is 0.858. The Kier molecular flexibility index (Phi) is 4.80. The second-order valence-electron chi connectivity index (χ2n) is 4.38. The summed E-state index contributed by atoms with van der Waals surface area (Å²) in [5, 5.41) is 0.780. The normalized spacial score (nSPS) is 24.6. The lowest BCUT2D eigenvalue weighted by Gasteiger charge is -2.28. The van der Waals surface area contributed by atoms with E-state index in [4.69, 9.17) is 9.47 Å². The molecule has 1 fully saturated rings. The van der Waals surface area contributed by atoms with E-state index in [-0.39, 0.29) is 6.10 Å². The van der Waals surface area contributed by atoms with Crippen LogP contribution in [-0.2, 0) is 10.1 Å². The Morgan fingerprint density at radius 2 is 2.18 bits per heavy atom. The van der Waals surface area contributed by atoms with E-state index < -0.39 is 0 Å². The summed E-state index contributed by atoms with van der Waals surface area (Å²) >= 11 is 3.38. The van der Waals surface area contributed by atoms with E-state index >= 15 is 0 Å². The molecular formula is C13H18BrNO2. The van der Waals surface area contributed by atoms with Crippen LogP contribution in [0, 0.1) is 0 Å². The fourth-order valence-electron chi connectivity index (χ4n) is 2.18. The molecule has 1 aliphatic carbocycles. The summed E-state index contributed by atoms with van der Waals surface area (Å²) in [5.41, 5.74) is 1.02. The van der Waals surface area contributed by atoms with Gasteiger partial charge in [-0.2, -0.15) is 0 Å². The van der Waals surface area contributed by atoms with Crippen molar-refractivity contribution in [2.24, 2.45) is 0 Å². The first kappa shape index (κ1) is 12.8. The molecule has 0 aliphatic heterocycles. The molecule has 4 heteroatoms. The second kappa shape index (κ2) is 6.36. The molecule has 2 rings (SSSR count). The van der Waals surface area contributed by atoms with Crippen LogP contribution in [-0.4, -0.2) is 24.3 Å². The van der Waals surface area contributed by atoms with Crippen LogP contribution in [0.1, 0.15) is 31.4 Å². The monoisotopic (exact) mass is 299 g/mol. The van der Waals surface area contributed by atoms with Crippen molar-refractivity contribution in [2.45, 2.75) is 43.2 Å². The van der Waals surface area contributed by atoms with E-state index in [1.54, 1.807) is 13.3 Å². The minimum atomic E-state index is 0.269. The molecule has 94 valence electrons. The highest BCUT2D eigenvalue weighted by Gasteiger charge is 2.22. The van der Waals surface area contributed by atoms with Gasteiger partial charge >= 0.3 is 0 Å². The molecule has 2 unspecified atom stereocenters. The van der Waals surface area contributed by atoms with E-state index in [2.05, 4.69) is 20.9 Å². The molecule has 2 atom stereocenters. The number of ether oxygens (including phenoxy) is 2. The highest BCUT2D eigenvalue weighted by molar-refractivity contribution is 9.08. The SMILES string of the molecule is COC1CCCC(Oc2ccc(CBr)nc2)C1. The number of halogens is 1. The Balaban J connectivity index is 1.90. The average molecular weight is 300 g/mol. The van der Waals surface area contributed by atoms with Gasteiger partial charge < -0.3 is 9.47 Å². The lowest BCUT2D eigenvalue weighted by molar-refractivity contribution is 0.0208. The van der Waals surface area contributed by atoms with E-state index in [1.807, 2.05) is 12.1 Å². The number of pyridine rings is 1. The molecule has 0 amide bonds. The van der Waals surface area contributed by atoms with Gasteiger partial charge in [0.2, 0.25) is 0 Å². The summed E-state index contributed by atoms with van der Waals surface area (Å²) in [6.07, 6.45) is 6.84. The highest BCUT2D eigenvalue weighted by Crippen LogP contribution is 2.25. The van der Waals surface area contributed by atoms with Gasteiger partial charge in [-0.15, -0.1) is 0 Å². The molecular weight excluding hydrogens is 282 g/mol. The quantitative estimate of drug-likeness (QED) is 0.799. The van der Waals surface area contributed by atoms with Gasteiger partial charge in [0.15, 0.2) is 0 Å². The van der Waals surface area contributed by atoms with Gasteiger partial charge in [0.25, 0.3) is 0 Å². The lowest BCUT2D eigenvalue weighted by Crippen LogP contribution is -2.29. The van der Waals surface area contributed by atoms with Crippen molar-refractivity contribution in [2.75, 3.05) is 7.11 Å². The zero-order valence-electron chi connectivity index (χ0n) is 10.1. The third kappa shape index (κ3) is 3.68. The molecule has 1 saturated carbocycles. The standard InChI is InChI=1S/C13H18BrNO2/c1-16-11-3-2-4-12(7-11)17-13-6-5-10(8-14)15-9-13/h5-6,9,11-12H,2-4,7-8H2,1H3. The van der Waals surface area contributed by atoms with Crippen molar-refractivity contribution >= 4 is 15.9 Å². The Bertz CT molecular complexity index is 342. The van der Waals surface area contributed by atoms with Gasteiger partial charge in [-0.3, -0.25) is 4.98 Å². The van der Waals surface area contributed by atoms with Gasteiger partial charge in [0.1, 0.15) is 11.9 Å². The largest absolute Gasteiger partial charge is 0.489 e. The Morgan fingerprint density at radius 3 is 2.82 bits per heavy atom. The van der Waals surface area contributed by atoms with Crippen LogP contribution < -0.4 is 4.74 Å². The number of rotatable bonds is 4. The van der Waals surface area contributed by atoms with Crippen LogP contribution in [0.5, 0.6) is 5.75 Å². The van der Waals surface area contributed by atoms with Crippen molar-refractivity contribution < 1.29 is 9.47 Å². The molecule has 0 radical (unpaired) electrons. The molecule has 0 spiro atoms. The Hall–Kier alpha value is -0.610. The van der Waals surface area contributed by atoms with Gasteiger partial charge in [-0.25, -0.2) is 0 Å². The second-order valence-corrected chi connectivity index (χ2v) is 4.94. The number of alkyl halides is 1. The van der Waals surface area contributed by atoms with E-state index in [0.29, 0.717) is 6.10 Å². The molecule has 1 aromatic rings. The minimum Gasteiger partial charge on any atom is -0.489 e. The molecule has 0 bridgehead atoms. The Morgan fingerprint density at radius 1 is 1.35 bits per heavy atom. The number of hydrogen-bond acceptors (Lipinski definition) is 3. The van der Waals surface area contributed by atoms with E-state index in [1.165, 1.54) is 6.42 Å². The van der Waals surface area contributed by atoms with E-state index in [0.717, 1.165) is 36.0 Å². The molecule has 0 saturated heterocycles. The number of nitrogens with zero attached hydrogens (tertiary/aromatic N) is 1. The molecule has 1 heterocycles. The summed E-state index contributed by atoms with van der Waals surface area (Å²) in [7, 11) is 1.78. The predicted octanol–water partition coefficient (Wildman–Crippen LogP) is 3.31. The third-order valence-electron chi connectivity index (χ3n) is 3.15. The summed E-state index contributed by atoms with van der Waals surface area (Å²) in [6.45, 7) is 0. The minimum absolute atomic E-state index is 0.269. The molecule has 3 nitrogen and oxygen atoms in total. The van der Waals surface area contributed by atoms with Crippen LogP contribution in [0.4, 0.5) is 0 Å². The highest BCUT2D eigenvalue weighted by atomic mass is 79.9. The van der Waals surface area contributed by atoms with Crippen molar-refractivity contribution in [3.63, 3.8) is 0 Å².